The van der Waals surface area contributed by atoms with Crippen LogP contribution in [-0.4, -0.2) is 19.7 Å². The molecule has 0 fully saturated rings. The highest BCUT2D eigenvalue weighted by Gasteiger charge is 2.05. The van der Waals surface area contributed by atoms with Gasteiger partial charge in [0.1, 0.15) is 0 Å². The van der Waals surface area contributed by atoms with Crippen LogP contribution in [0.25, 0.3) is 11.0 Å². The first-order chi connectivity index (χ1) is 8.74. The standard InChI is InChI=1S/C13H12N4S/c1-9-4-5-12-11(7-9)15-13(18)17(12)8-10-3-2-6-14-16-10/h2-7H,8H2,1H3,(H,15,18). The van der Waals surface area contributed by atoms with Crippen LogP contribution < -0.4 is 0 Å². The summed E-state index contributed by atoms with van der Waals surface area (Å²) in [6.45, 7) is 2.70. The molecule has 1 N–H and O–H groups in total. The van der Waals surface area contributed by atoms with Crippen molar-refractivity contribution in [2.75, 3.05) is 0 Å². The molecule has 0 atom stereocenters. The molecule has 3 aromatic rings. The third-order valence-corrected chi connectivity index (χ3v) is 3.20. The Bertz CT molecular complexity index is 743. The van der Waals surface area contributed by atoms with Crippen molar-refractivity contribution < 1.29 is 0 Å². The fourth-order valence-electron chi connectivity index (χ4n) is 2.01. The van der Waals surface area contributed by atoms with Crippen molar-refractivity contribution in [3.63, 3.8) is 0 Å². The van der Waals surface area contributed by atoms with E-state index in [4.69, 9.17) is 12.2 Å². The summed E-state index contributed by atoms with van der Waals surface area (Å²) in [6.07, 6.45) is 1.67. The average molecular weight is 256 g/mol. The summed E-state index contributed by atoms with van der Waals surface area (Å²) >= 11 is 5.35. The largest absolute Gasteiger partial charge is 0.331 e. The number of aryl methyl sites for hydroxylation is 1. The smallest absolute Gasteiger partial charge is 0.178 e. The van der Waals surface area contributed by atoms with Crippen LogP contribution in [0.2, 0.25) is 0 Å². The van der Waals surface area contributed by atoms with E-state index in [-0.39, 0.29) is 0 Å². The molecule has 0 spiro atoms. The summed E-state index contributed by atoms with van der Waals surface area (Å²) in [5.41, 5.74) is 4.26. The number of rotatable bonds is 2. The third-order valence-electron chi connectivity index (χ3n) is 2.88. The quantitative estimate of drug-likeness (QED) is 0.717. The number of hydrogen-bond donors (Lipinski definition) is 1. The number of H-pyrrole nitrogens is 1. The summed E-state index contributed by atoms with van der Waals surface area (Å²) in [4.78, 5) is 3.22. The maximum absolute atomic E-state index is 5.35. The first kappa shape index (κ1) is 11.1. The molecule has 2 heterocycles. The molecule has 0 unspecified atom stereocenters. The Morgan fingerprint density at radius 2 is 2.22 bits per heavy atom. The number of aromatic nitrogens is 4. The van der Waals surface area contributed by atoms with E-state index in [0.717, 1.165) is 16.7 Å². The van der Waals surface area contributed by atoms with E-state index in [1.165, 1.54) is 5.56 Å². The minimum absolute atomic E-state index is 0.635. The normalized spacial score (nSPS) is 10.9. The second-order valence-electron chi connectivity index (χ2n) is 4.25. The fraction of sp³-hybridized carbons (Fsp3) is 0.154. The Balaban J connectivity index is 2.12. The number of benzene rings is 1. The number of hydrogen-bond acceptors (Lipinski definition) is 3. The minimum Gasteiger partial charge on any atom is -0.331 e. The van der Waals surface area contributed by atoms with Crippen LogP contribution in [0.15, 0.2) is 36.5 Å². The Labute approximate surface area is 109 Å². The maximum atomic E-state index is 5.35. The number of nitrogens with one attached hydrogen (secondary N) is 1. The first-order valence-corrected chi connectivity index (χ1v) is 6.10. The molecule has 90 valence electrons. The molecule has 18 heavy (non-hydrogen) atoms. The molecule has 3 rings (SSSR count). The lowest BCUT2D eigenvalue weighted by atomic mass is 10.2. The summed E-state index contributed by atoms with van der Waals surface area (Å²) in [7, 11) is 0. The zero-order valence-corrected chi connectivity index (χ0v) is 10.7. The lowest BCUT2D eigenvalue weighted by molar-refractivity contribution is 0.762. The van der Waals surface area contributed by atoms with E-state index in [1.807, 2.05) is 16.7 Å². The lowest BCUT2D eigenvalue weighted by Gasteiger charge is -2.03. The Kier molecular flexibility index (Phi) is 2.68. The van der Waals surface area contributed by atoms with E-state index < -0.39 is 0 Å². The van der Waals surface area contributed by atoms with Gasteiger partial charge in [-0.1, -0.05) is 6.07 Å². The lowest BCUT2D eigenvalue weighted by Crippen LogP contribution is -2.02. The molecule has 0 aliphatic rings. The van der Waals surface area contributed by atoms with Gasteiger partial charge < -0.3 is 9.55 Å². The van der Waals surface area contributed by atoms with Crippen LogP contribution in [0.1, 0.15) is 11.3 Å². The van der Waals surface area contributed by atoms with Crippen molar-refractivity contribution in [1.82, 2.24) is 19.7 Å². The van der Waals surface area contributed by atoms with E-state index in [9.17, 15) is 0 Å². The van der Waals surface area contributed by atoms with Gasteiger partial charge in [-0.3, -0.25) is 0 Å². The van der Waals surface area contributed by atoms with Crippen LogP contribution in [0, 0.1) is 11.7 Å². The molecule has 0 aliphatic heterocycles. The Morgan fingerprint density at radius 3 is 3.00 bits per heavy atom. The van der Waals surface area contributed by atoms with Gasteiger partial charge in [-0.15, -0.1) is 0 Å². The highest BCUT2D eigenvalue weighted by molar-refractivity contribution is 7.71. The number of nitrogens with zero attached hydrogens (tertiary/aromatic N) is 3. The Hall–Kier alpha value is -2.01. The van der Waals surface area contributed by atoms with Gasteiger partial charge in [0.05, 0.1) is 23.3 Å². The average Bonchev–Trinajstić information content (AvgIpc) is 2.66. The number of imidazole rings is 1. The van der Waals surface area contributed by atoms with Crippen molar-refractivity contribution in [3.8, 4) is 0 Å². The molecule has 0 amide bonds. The molecular weight excluding hydrogens is 244 g/mol. The van der Waals surface area contributed by atoms with Crippen LogP contribution in [0.5, 0.6) is 0 Å². The summed E-state index contributed by atoms with van der Waals surface area (Å²) in [5.74, 6) is 0. The first-order valence-electron chi connectivity index (χ1n) is 5.70. The highest BCUT2D eigenvalue weighted by atomic mass is 32.1. The predicted molar refractivity (Wildman–Crippen MR) is 73.0 cm³/mol. The molecule has 1 aromatic carbocycles. The van der Waals surface area contributed by atoms with Crippen molar-refractivity contribution in [2.24, 2.45) is 0 Å². The van der Waals surface area contributed by atoms with Crippen LogP contribution in [0.3, 0.4) is 0 Å². The van der Waals surface area contributed by atoms with Crippen molar-refractivity contribution in [3.05, 3.63) is 52.6 Å². The van der Waals surface area contributed by atoms with Gasteiger partial charge in [0.25, 0.3) is 0 Å². The van der Waals surface area contributed by atoms with Crippen LogP contribution >= 0.6 is 12.2 Å². The van der Waals surface area contributed by atoms with Gasteiger partial charge in [0.15, 0.2) is 4.77 Å². The van der Waals surface area contributed by atoms with Crippen molar-refractivity contribution in [2.45, 2.75) is 13.5 Å². The molecule has 4 nitrogen and oxygen atoms in total. The summed E-state index contributed by atoms with van der Waals surface area (Å²) in [5, 5.41) is 7.97. The minimum atomic E-state index is 0.635. The van der Waals surface area contributed by atoms with E-state index in [0.29, 0.717) is 11.3 Å². The summed E-state index contributed by atoms with van der Waals surface area (Å²) < 4.78 is 2.75. The van der Waals surface area contributed by atoms with Gasteiger partial charge in [-0.05, 0) is 49.0 Å². The molecule has 0 saturated carbocycles. The highest BCUT2D eigenvalue weighted by Crippen LogP contribution is 2.16. The van der Waals surface area contributed by atoms with E-state index >= 15 is 0 Å². The maximum Gasteiger partial charge on any atom is 0.178 e. The fourth-order valence-corrected chi connectivity index (χ4v) is 2.29. The second kappa shape index (κ2) is 4.34. The molecule has 0 aliphatic carbocycles. The van der Waals surface area contributed by atoms with Crippen molar-refractivity contribution >= 4 is 23.3 Å². The molecule has 2 aromatic heterocycles. The molecule has 0 radical (unpaired) electrons. The molecular formula is C13H12N4S. The van der Waals surface area contributed by atoms with Crippen LogP contribution in [0.4, 0.5) is 0 Å². The van der Waals surface area contributed by atoms with Crippen molar-refractivity contribution in [1.29, 1.82) is 0 Å². The SMILES string of the molecule is Cc1ccc2c(c1)[nH]c(=S)n2Cc1cccnn1. The van der Waals surface area contributed by atoms with E-state index in [1.54, 1.807) is 6.20 Å². The number of fused-ring (bicyclic) bond motifs is 1. The second-order valence-corrected chi connectivity index (χ2v) is 4.64. The third kappa shape index (κ3) is 1.93. The predicted octanol–water partition coefficient (Wildman–Crippen LogP) is 2.85. The topological polar surface area (TPSA) is 46.5 Å². The van der Waals surface area contributed by atoms with Gasteiger partial charge in [0.2, 0.25) is 0 Å². The van der Waals surface area contributed by atoms with Gasteiger partial charge in [-0.25, -0.2) is 0 Å². The van der Waals surface area contributed by atoms with E-state index in [2.05, 4.69) is 40.3 Å². The van der Waals surface area contributed by atoms with Gasteiger partial charge in [-0.2, -0.15) is 10.2 Å². The zero-order valence-electron chi connectivity index (χ0n) is 9.92. The Morgan fingerprint density at radius 1 is 1.33 bits per heavy atom. The number of aromatic amines is 1. The summed E-state index contributed by atoms with van der Waals surface area (Å²) in [6, 6.07) is 10.1. The monoisotopic (exact) mass is 256 g/mol. The zero-order chi connectivity index (χ0) is 12.5. The molecule has 0 bridgehead atoms. The van der Waals surface area contributed by atoms with Crippen LogP contribution in [-0.2, 0) is 6.54 Å². The molecule has 5 heteroatoms. The van der Waals surface area contributed by atoms with Gasteiger partial charge in [0, 0.05) is 6.20 Å². The molecule has 0 saturated heterocycles. The van der Waals surface area contributed by atoms with Gasteiger partial charge >= 0.3 is 0 Å².